The Bertz CT molecular complexity index is 508. The Morgan fingerprint density at radius 1 is 1.00 bits per heavy atom. The fourth-order valence-corrected chi connectivity index (χ4v) is 2.53. The summed E-state index contributed by atoms with van der Waals surface area (Å²) >= 11 is 0. The van der Waals surface area contributed by atoms with Crippen LogP contribution in [0.15, 0.2) is 54.6 Å². The van der Waals surface area contributed by atoms with E-state index in [0.29, 0.717) is 6.54 Å². The Kier molecular flexibility index (Phi) is 4.72. The zero-order chi connectivity index (χ0) is 13.7. The van der Waals surface area contributed by atoms with Crippen LogP contribution >= 0.6 is 0 Å². The number of hydrogen-bond donors (Lipinski definition) is 1. The summed E-state index contributed by atoms with van der Waals surface area (Å²) in [6, 6.07) is 19.5. The van der Waals surface area contributed by atoms with E-state index in [2.05, 4.69) is 73.5 Å². The maximum atomic E-state index is 5.72. The minimum absolute atomic E-state index is 0.269. The molecule has 0 bridgehead atoms. The second kappa shape index (κ2) is 6.50. The van der Waals surface area contributed by atoms with Gasteiger partial charge in [-0.25, -0.2) is 0 Å². The highest BCUT2D eigenvalue weighted by atomic mass is 15.1. The highest BCUT2D eigenvalue weighted by molar-refractivity contribution is 5.36. The Hall–Kier alpha value is -1.64. The first-order valence-electron chi connectivity index (χ1n) is 6.75. The number of likely N-dealkylation sites (N-methyl/N-ethyl adjacent to an activating group) is 1. The summed E-state index contributed by atoms with van der Waals surface area (Å²) in [6.45, 7) is 3.72. The number of nitrogens with two attached hydrogens (primary N) is 1. The summed E-state index contributed by atoms with van der Waals surface area (Å²) in [5.41, 5.74) is 9.70. The van der Waals surface area contributed by atoms with Crippen molar-refractivity contribution >= 4 is 0 Å². The number of rotatable bonds is 5. The third-order valence-electron chi connectivity index (χ3n) is 3.52. The van der Waals surface area contributed by atoms with Crippen molar-refractivity contribution in [3.8, 4) is 0 Å². The summed E-state index contributed by atoms with van der Waals surface area (Å²) < 4.78 is 0. The third kappa shape index (κ3) is 3.22. The third-order valence-corrected chi connectivity index (χ3v) is 3.52. The van der Waals surface area contributed by atoms with Gasteiger partial charge in [0.2, 0.25) is 0 Å². The van der Waals surface area contributed by atoms with Gasteiger partial charge in [0.25, 0.3) is 0 Å². The van der Waals surface area contributed by atoms with E-state index in [1.807, 2.05) is 0 Å². The monoisotopic (exact) mass is 254 g/mol. The van der Waals surface area contributed by atoms with Gasteiger partial charge in [-0.15, -0.1) is 0 Å². The van der Waals surface area contributed by atoms with Gasteiger partial charge in [-0.3, -0.25) is 4.90 Å². The molecule has 2 N–H and O–H groups in total. The molecule has 0 aliphatic heterocycles. The fraction of sp³-hybridized carbons (Fsp3) is 0.294. The van der Waals surface area contributed by atoms with Crippen molar-refractivity contribution in [2.24, 2.45) is 5.73 Å². The van der Waals surface area contributed by atoms with Gasteiger partial charge in [-0.1, -0.05) is 54.6 Å². The van der Waals surface area contributed by atoms with Crippen LogP contribution in [0.4, 0.5) is 0 Å². The quantitative estimate of drug-likeness (QED) is 0.889. The van der Waals surface area contributed by atoms with Gasteiger partial charge in [-0.05, 0) is 30.7 Å². The van der Waals surface area contributed by atoms with Gasteiger partial charge in [-0.2, -0.15) is 0 Å². The molecule has 19 heavy (non-hydrogen) atoms. The first-order valence-corrected chi connectivity index (χ1v) is 6.75. The molecule has 0 aliphatic rings. The van der Waals surface area contributed by atoms with Crippen LogP contribution < -0.4 is 5.73 Å². The standard InChI is InChI=1S/C17H22N2/c1-14-8-6-7-11-16(14)17(19(2)13-12-18)15-9-4-3-5-10-15/h3-11,17H,12-13,18H2,1-2H3. The van der Waals surface area contributed by atoms with E-state index in [-0.39, 0.29) is 6.04 Å². The molecule has 1 unspecified atom stereocenters. The molecule has 2 aromatic carbocycles. The summed E-state index contributed by atoms with van der Waals surface area (Å²) in [7, 11) is 2.14. The van der Waals surface area contributed by atoms with Crippen molar-refractivity contribution in [1.29, 1.82) is 0 Å². The van der Waals surface area contributed by atoms with Crippen molar-refractivity contribution in [2.45, 2.75) is 13.0 Å². The van der Waals surface area contributed by atoms with Crippen LogP contribution in [0.3, 0.4) is 0 Å². The van der Waals surface area contributed by atoms with Crippen molar-refractivity contribution in [3.63, 3.8) is 0 Å². The van der Waals surface area contributed by atoms with Crippen LogP contribution in [0, 0.1) is 6.92 Å². The van der Waals surface area contributed by atoms with Gasteiger partial charge in [0.15, 0.2) is 0 Å². The Morgan fingerprint density at radius 3 is 2.26 bits per heavy atom. The van der Waals surface area contributed by atoms with Crippen molar-refractivity contribution in [3.05, 3.63) is 71.3 Å². The second-order valence-corrected chi connectivity index (χ2v) is 4.94. The van der Waals surface area contributed by atoms with Gasteiger partial charge in [0, 0.05) is 13.1 Å². The van der Waals surface area contributed by atoms with E-state index in [4.69, 9.17) is 5.73 Å². The normalized spacial score (nSPS) is 12.6. The van der Waals surface area contributed by atoms with E-state index in [9.17, 15) is 0 Å². The number of benzene rings is 2. The van der Waals surface area contributed by atoms with Gasteiger partial charge in [0.05, 0.1) is 6.04 Å². The Labute approximate surface area is 115 Å². The predicted molar refractivity (Wildman–Crippen MR) is 81.1 cm³/mol. The Balaban J connectivity index is 2.43. The van der Waals surface area contributed by atoms with Crippen LogP contribution in [0.2, 0.25) is 0 Å². The first-order chi connectivity index (χ1) is 9.24. The average Bonchev–Trinajstić information content (AvgIpc) is 2.43. The predicted octanol–water partition coefficient (Wildman–Crippen LogP) is 2.97. The molecule has 2 nitrogen and oxygen atoms in total. The molecule has 0 aliphatic carbocycles. The van der Waals surface area contributed by atoms with E-state index >= 15 is 0 Å². The van der Waals surface area contributed by atoms with Gasteiger partial charge in [0.1, 0.15) is 0 Å². The highest BCUT2D eigenvalue weighted by Gasteiger charge is 2.19. The van der Waals surface area contributed by atoms with Crippen molar-refractivity contribution in [1.82, 2.24) is 4.90 Å². The van der Waals surface area contributed by atoms with Crippen LogP contribution in [-0.2, 0) is 0 Å². The summed E-state index contributed by atoms with van der Waals surface area (Å²) in [6.07, 6.45) is 0. The van der Waals surface area contributed by atoms with E-state index in [1.54, 1.807) is 0 Å². The molecular formula is C17H22N2. The molecule has 0 amide bonds. The zero-order valence-electron chi connectivity index (χ0n) is 11.7. The molecule has 2 aromatic rings. The van der Waals surface area contributed by atoms with Crippen LogP contribution in [0.1, 0.15) is 22.7 Å². The van der Waals surface area contributed by atoms with Crippen LogP contribution in [-0.4, -0.2) is 25.0 Å². The lowest BCUT2D eigenvalue weighted by molar-refractivity contribution is 0.286. The second-order valence-electron chi connectivity index (χ2n) is 4.94. The molecule has 0 radical (unpaired) electrons. The minimum Gasteiger partial charge on any atom is -0.329 e. The summed E-state index contributed by atoms with van der Waals surface area (Å²) in [5.74, 6) is 0. The van der Waals surface area contributed by atoms with Crippen LogP contribution in [0.5, 0.6) is 0 Å². The van der Waals surface area contributed by atoms with Gasteiger partial charge >= 0.3 is 0 Å². The topological polar surface area (TPSA) is 29.3 Å². The molecule has 0 aromatic heterocycles. The highest BCUT2D eigenvalue weighted by Crippen LogP contribution is 2.29. The molecule has 100 valence electrons. The fourth-order valence-electron chi connectivity index (χ4n) is 2.53. The Morgan fingerprint density at radius 2 is 1.63 bits per heavy atom. The summed E-state index contributed by atoms with van der Waals surface area (Å²) in [4.78, 5) is 2.32. The van der Waals surface area contributed by atoms with E-state index < -0.39 is 0 Å². The molecule has 0 saturated carbocycles. The molecular weight excluding hydrogens is 232 g/mol. The smallest absolute Gasteiger partial charge is 0.0602 e. The lowest BCUT2D eigenvalue weighted by atomic mass is 9.94. The molecule has 0 saturated heterocycles. The number of hydrogen-bond acceptors (Lipinski definition) is 2. The molecule has 0 heterocycles. The molecule has 0 fully saturated rings. The number of nitrogens with zero attached hydrogens (tertiary/aromatic N) is 1. The maximum Gasteiger partial charge on any atom is 0.0602 e. The van der Waals surface area contributed by atoms with E-state index in [1.165, 1.54) is 16.7 Å². The molecule has 2 heteroatoms. The molecule has 2 rings (SSSR count). The van der Waals surface area contributed by atoms with Crippen molar-refractivity contribution in [2.75, 3.05) is 20.1 Å². The molecule has 1 atom stereocenters. The number of aryl methyl sites for hydroxylation is 1. The minimum atomic E-state index is 0.269. The lowest BCUT2D eigenvalue weighted by Crippen LogP contribution is -2.31. The zero-order valence-corrected chi connectivity index (χ0v) is 11.7. The summed E-state index contributed by atoms with van der Waals surface area (Å²) in [5, 5.41) is 0. The van der Waals surface area contributed by atoms with Gasteiger partial charge < -0.3 is 5.73 Å². The average molecular weight is 254 g/mol. The first kappa shape index (κ1) is 13.8. The van der Waals surface area contributed by atoms with Crippen molar-refractivity contribution < 1.29 is 0 Å². The SMILES string of the molecule is Cc1ccccc1C(c1ccccc1)N(C)CCN. The van der Waals surface area contributed by atoms with Crippen LogP contribution in [0.25, 0.3) is 0 Å². The van der Waals surface area contributed by atoms with E-state index in [0.717, 1.165) is 6.54 Å². The largest absolute Gasteiger partial charge is 0.329 e. The molecule has 0 spiro atoms. The lowest BCUT2D eigenvalue weighted by Gasteiger charge is -2.29. The maximum absolute atomic E-state index is 5.72.